The number of carbonyl (C=O) groups is 1. The van der Waals surface area contributed by atoms with E-state index in [-0.39, 0.29) is 5.91 Å². The summed E-state index contributed by atoms with van der Waals surface area (Å²) in [4.78, 5) is 18.9. The summed E-state index contributed by atoms with van der Waals surface area (Å²) in [7, 11) is 1.62. The lowest BCUT2D eigenvalue weighted by molar-refractivity contribution is -0.126. The average molecular weight is 409 g/mol. The Kier molecular flexibility index (Phi) is 6.46. The van der Waals surface area contributed by atoms with Crippen LogP contribution in [-0.4, -0.2) is 36.2 Å². The van der Waals surface area contributed by atoms with Crippen LogP contribution >= 0.6 is 35.0 Å². The lowest BCUT2D eigenvalue weighted by atomic mass is 10.1. The Morgan fingerprint density at radius 3 is 2.58 bits per heavy atom. The fourth-order valence-corrected chi connectivity index (χ4v) is 3.90. The maximum Gasteiger partial charge on any atom is 0.233 e. The minimum absolute atomic E-state index is 0.0491. The molecule has 2 aromatic carbocycles. The molecule has 4 nitrogen and oxygen atoms in total. The van der Waals surface area contributed by atoms with Crippen molar-refractivity contribution in [1.29, 1.82) is 0 Å². The summed E-state index contributed by atoms with van der Waals surface area (Å²) in [6.45, 7) is 1.26. The molecule has 0 aliphatic carbocycles. The molecule has 136 valence electrons. The van der Waals surface area contributed by atoms with Gasteiger partial charge in [0.15, 0.2) is 5.17 Å². The maximum absolute atomic E-state index is 12.7. The lowest BCUT2D eigenvalue weighted by Crippen LogP contribution is -2.34. The number of nitrogens with zero attached hydrogens (tertiary/aromatic N) is 2. The highest BCUT2D eigenvalue weighted by atomic mass is 35.5. The van der Waals surface area contributed by atoms with Crippen molar-refractivity contribution in [3.05, 3.63) is 63.6 Å². The highest BCUT2D eigenvalue weighted by Crippen LogP contribution is 2.26. The number of amidine groups is 1. The zero-order valence-corrected chi connectivity index (χ0v) is 16.6. The number of hydrogen-bond acceptors (Lipinski definition) is 4. The highest BCUT2D eigenvalue weighted by molar-refractivity contribution is 8.13. The Hall–Kier alpha value is -1.69. The molecule has 0 spiro atoms. The quantitative estimate of drug-likeness (QED) is 0.721. The Morgan fingerprint density at radius 1 is 1.15 bits per heavy atom. The molecule has 0 unspecified atom stereocenters. The number of benzene rings is 2. The molecule has 3 rings (SSSR count). The predicted octanol–water partition coefficient (Wildman–Crippen LogP) is 4.68. The Morgan fingerprint density at radius 2 is 1.88 bits per heavy atom. The number of carbonyl (C=O) groups excluding carboxylic acids is 1. The fourth-order valence-electron chi connectivity index (χ4n) is 2.57. The van der Waals surface area contributed by atoms with E-state index in [0.717, 1.165) is 22.0 Å². The summed E-state index contributed by atoms with van der Waals surface area (Å²) in [5.41, 5.74) is 2.00. The molecule has 7 heteroatoms. The van der Waals surface area contributed by atoms with Gasteiger partial charge in [-0.15, -0.1) is 0 Å². The van der Waals surface area contributed by atoms with E-state index in [1.165, 1.54) is 11.8 Å². The van der Waals surface area contributed by atoms with Crippen LogP contribution in [0.5, 0.6) is 5.75 Å². The van der Waals surface area contributed by atoms with Crippen molar-refractivity contribution in [2.75, 3.05) is 20.2 Å². The van der Waals surface area contributed by atoms with Gasteiger partial charge in [0, 0.05) is 12.3 Å². The standard InChI is InChI=1S/C19H18Cl2N2O2S/c1-25-15-5-2-13(3-6-15)11-18(24)23-9-8-22-19(23)26-12-14-4-7-16(20)17(21)10-14/h2-7,10H,8-9,11-12H2,1H3. The molecule has 2 aromatic rings. The topological polar surface area (TPSA) is 41.9 Å². The van der Waals surface area contributed by atoms with Gasteiger partial charge in [0.2, 0.25) is 5.91 Å². The van der Waals surface area contributed by atoms with Gasteiger partial charge in [-0.2, -0.15) is 0 Å². The minimum Gasteiger partial charge on any atom is -0.497 e. The smallest absolute Gasteiger partial charge is 0.233 e. The van der Waals surface area contributed by atoms with E-state index in [9.17, 15) is 4.79 Å². The van der Waals surface area contributed by atoms with Crippen molar-refractivity contribution >= 4 is 46.0 Å². The van der Waals surface area contributed by atoms with E-state index in [4.69, 9.17) is 27.9 Å². The summed E-state index contributed by atoms with van der Waals surface area (Å²) >= 11 is 13.5. The van der Waals surface area contributed by atoms with Crippen LogP contribution in [0.2, 0.25) is 10.0 Å². The third kappa shape index (κ3) is 4.72. The van der Waals surface area contributed by atoms with Crippen LogP contribution < -0.4 is 4.74 Å². The van der Waals surface area contributed by atoms with Crippen LogP contribution in [0, 0.1) is 0 Å². The van der Waals surface area contributed by atoms with Gasteiger partial charge in [0.1, 0.15) is 5.75 Å². The second-order valence-electron chi connectivity index (χ2n) is 5.77. The lowest BCUT2D eigenvalue weighted by Gasteiger charge is -2.18. The molecular weight excluding hydrogens is 391 g/mol. The molecule has 0 bridgehead atoms. The second kappa shape index (κ2) is 8.80. The van der Waals surface area contributed by atoms with Crippen LogP contribution in [0.15, 0.2) is 47.5 Å². The molecule has 0 radical (unpaired) electrons. The van der Waals surface area contributed by atoms with Gasteiger partial charge in [0.25, 0.3) is 0 Å². The van der Waals surface area contributed by atoms with E-state index in [1.807, 2.05) is 36.4 Å². The van der Waals surface area contributed by atoms with Gasteiger partial charge in [-0.3, -0.25) is 14.7 Å². The maximum atomic E-state index is 12.7. The number of rotatable bonds is 5. The summed E-state index contributed by atoms with van der Waals surface area (Å²) < 4.78 is 5.15. The number of amides is 1. The molecule has 1 aliphatic heterocycles. The first-order chi connectivity index (χ1) is 12.6. The molecule has 1 heterocycles. The van der Waals surface area contributed by atoms with Crippen molar-refractivity contribution in [3.8, 4) is 5.75 Å². The molecule has 0 saturated heterocycles. The highest BCUT2D eigenvalue weighted by Gasteiger charge is 2.24. The van der Waals surface area contributed by atoms with Gasteiger partial charge in [-0.1, -0.05) is 53.2 Å². The Balaban J connectivity index is 1.59. The zero-order valence-electron chi connectivity index (χ0n) is 14.2. The molecule has 26 heavy (non-hydrogen) atoms. The predicted molar refractivity (Wildman–Crippen MR) is 108 cm³/mol. The van der Waals surface area contributed by atoms with Crippen LogP contribution in [0.4, 0.5) is 0 Å². The van der Waals surface area contributed by atoms with Crippen LogP contribution in [0.25, 0.3) is 0 Å². The summed E-state index contributed by atoms with van der Waals surface area (Å²) in [6, 6.07) is 13.1. The molecule has 0 saturated carbocycles. The first kappa shape index (κ1) is 19.1. The van der Waals surface area contributed by atoms with Gasteiger partial charge in [-0.25, -0.2) is 0 Å². The number of methoxy groups -OCH3 is 1. The number of aliphatic imine (C=N–C) groups is 1. The van der Waals surface area contributed by atoms with E-state index in [0.29, 0.717) is 35.3 Å². The van der Waals surface area contributed by atoms with Crippen molar-refractivity contribution in [2.24, 2.45) is 4.99 Å². The van der Waals surface area contributed by atoms with Crippen LogP contribution in [0.3, 0.4) is 0 Å². The summed E-state index contributed by atoms with van der Waals surface area (Å²) in [5, 5.41) is 1.83. The molecule has 0 N–H and O–H groups in total. The van der Waals surface area contributed by atoms with Crippen LogP contribution in [0.1, 0.15) is 11.1 Å². The fraction of sp³-hybridized carbons (Fsp3) is 0.263. The third-order valence-electron chi connectivity index (χ3n) is 3.97. The first-order valence-corrected chi connectivity index (χ1v) is 9.85. The molecule has 0 aromatic heterocycles. The van der Waals surface area contributed by atoms with E-state index in [1.54, 1.807) is 18.1 Å². The van der Waals surface area contributed by atoms with Crippen molar-refractivity contribution < 1.29 is 9.53 Å². The Bertz CT molecular complexity index is 825. The monoisotopic (exact) mass is 408 g/mol. The molecule has 0 atom stereocenters. The first-order valence-electron chi connectivity index (χ1n) is 8.11. The molecule has 0 fully saturated rings. The number of hydrogen-bond donors (Lipinski definition) is 0. The Labute approximate surface area is 167 Å². The largest absolute Gasteiger partial charge is 0.497 e. The minimum atomic E-state index is 0.0491. The average Bonchev–Trinajstić information content (AvgIpc) is 3.12. The van der Waals surface area contributed by atoms with Gasteiger partial charge < -0.3 is 4.74 Å². The molecule has 1 aliphatic rings. The van der Waals surface area contributed by atoms with Crippen molar-refractivity contribution in [2.45, 2.75) is 12.2 Å². The summed E-state index contributed by atoms with van der Waals surface area (Å²) in [5.74, 6) is 1.51. The number of ether oxygens (including phenoxy) is 1. The van der Waals surface area contributed by atoms with E-state index in [2.05, 4.69) is 4.99 Å². The molecule has 1 amide bonds. The molecular formula is C19H18Cl2N2O2S. The van der Waals surface area contributed by atoms with Gasteiger partial charge in [0.05, 0.1) is 30.1 Å². The van der Waals surface area contributed by atoms with Crippen LogP contribution in [-0.2, 0) is 17.0 Å². The number of halogens is 2. The van der Waals surface area contributed by atoms with E-state index >= 15 is 0 Å². The van der Waals surface area contributed by atoms with Crippen molar-refractivity contribution in [3.63, 3.8) is 0 Å². The van der Waals surface area contributed by atoms with Gasteiger partial charge in [-0.05, 0) is 35.4 Å². The summed E-state index contributed by atoms with van der Waals surface area (Å²) in [6.07, 6.45) is 0.344. The normalized spacial score (nSPS) is 13.7. The van der Waals surface area contributed by atoms with Gasteiger partial charge >= 0.3 is 0 Å². The van der Waals surface area contributed by atoms with E-state index < -0.39 is 0 Å². The second-order valence-corrected chi connectivity index (χ2v) is 7.53. The van der Waals surface area contributed by atoms with Crippen molar-refractivity contribution in [1.82, 2.24) is 4.90 Å². The number of thioether (sulfide) groups is 1. The SMILES string of the molecule is COc1ccc(CC(=O)N2CCN=C2SCc2ccc(Cl)c(Cl)c2)cc1. The zero-order chi connectivity index (χ0) is 18.5. The third-order valence-corrected chi connectivity index (χ3v) is 5.79.